The number of carbonyl (C=O) groups is 1. The van der Waals surface area contributed by atoms with Crippen molar-refractivity contribution in [3.8, 4) is 0 Å². The number of benzene rings is 3. The first-order chi connectivity index (χ1) is 13.3. The van der Waals surface area contributed by atoms with Crippen LogP contribution < -0.4 is 10.0 Å². The number of anilines is 2. The Bertz CT molecular complexity index is 1070. The maximum atomic E-state index is 12.5. The number of sulfonamides is 1. The van der Waals surface area contributed by atoms with E-state index < -0.39 is 10.0 Å². The van der Waals surface area contributed by atoms with Crippen LogP contribution in [0, 0.1) is 0 Å². The molecule has 0 aliphatic carbocycles. The molecular weight excluding hydrogens is 419 g/mol. The zero-order valence-corrected chi connectivity index (χ0v) is 16.9. The summed E-state index contributed by atoms with van der Waals surface area (Å²) >= 11 is 11.8. The highest BCUT2D eigenvalue weighted by molar-refractivity contribution is 7.92. The molecular formula is C20H16Cl2N2O3S. The first-order valence-electron chi connectivity index (χ1n) is 8.24. The molecule has 3 rings (SSSR count). The van der Waals surface area contributed by atoms with Gasteiger partial charge < -0.3 is 5.32 Å². The standard InChI is InChI=1S/C20H16Cl2N2O3S/c21-15-11-16(22)13-18(12-15)24-28(26,27)19-8-6-17(7-9-19)23-20(25)10-14-4-2-1-3-5-14/h1-9,11-13,24H,10H2,(H,23,25). The van der Waals surface area contributed by atoms with Crippen molar-refractivity contribution in [2.24, 2.45) is 0 Å². The first-order valence-corrected chi connectivity index (χ1v) is 10.5. The topological polar surface area (TPSA) is 75.3 Å². The minimum Gasteiger partial charge on any atom is -0.326 e. The van der Waals surface area contributed by atoms with Gasteiger partial charge in [-0.1, -0.05) is 53.5 Å². The van der Waals surface area contributed by atoms with Crippen LogP contribution in [0.1, 0.15) is 5.56 Å². The molecule has 0 radical (unpaired) electrons. The average Bonchev–Trinajstić information content (AvgIpc) is 2.61. The highest BCUT2D eigenvalue weighted by Crippen LogP contribution is 2.25. The molecule has 3 aromatic rings. The van der Waals surface area contributed by atoms with Crippen molar-refractivity contribution in [1.29, 1.82) is 0 Å². The molecule has 0 saturated carbocycles. The number of amides is 1. The number of nitrogens with one attached hydrogen (secondary N) is 2. The third kappa shape index (κ3) is 5.48. The number of carbonyl (C=O) groups excluding carboxylic acids is 1. The molecule has 2 N–H and O–H groups in total. The summed E-state index contributed by atoms with van der Waals surface area (Å²) in [6, 6.07) is 19.6. The first kappa shape index (κ1) is 20.2. The van der Waals surface area contributed by atoms with Gasteiger partial charge in [-0.2, -0.15) is 0 Å². The zero-order chi connectivity index (χ0) is 20.1. The highest BCUT2D eigenvalue weighted by atomic mass is 35.5. The van der Waals surface area contributed by atoms with E-state index in [1.165, 1.54) is 42.5 Å². The van der Waals surface area contributed by atoms with Crippen molar-refractivity contribution in [2.75, 3.05) is 10.0 Å². The minimum atomic E-state index is -3.82. The molecule has 1 amide bonds. The van der Waals surface area contributed by atoms with Crippen LogP contribution in [0.5, 0.6) is 0 Å². The molecule has 0 spiro atoms. The summed E-state index contributed by atoms with van der Waals surface area (Å²) in [5.74, 6) is -0.187. The average molecular weight is 435 g/mol. The molecule has 0 aromatic heterocycles. The Morgan fingerprint density at radius 1 is 0.821 bits per heavy atom. The summed E-state index contributed by atoms with van der Waals surface area (Å²) in [7, 11) is -3.82. The van der Waals surface area contributed by atoms with Crippen molar-refractivity contribution in [2.45, 2.75) is 11.3 Å². The smallest absolute Gasteiger partial charge is 0.261 e. The van der Waals surface area contributed by atoms with Gasteiger partial charge in [0.25, 0.3) is 10.0 Å². The molecule has 144 valence electrons. The van der Waals surface area contributed by atoms with Crippen LogP contribution in [0.15, 0.2) is 77.7 Å². The minimum absolute atomic E-state index is 0.0460. The predicted molar refractivity (Wildman–Crippen MR) is 112 cm³/mol. The predicted octanol–water partition coefficient (Wildman–Crippen LogP) is 4.98. The Morgan fingerprint density at radius 3 is 2.04 bits per heavy atom. The highest BCUT2D eigenvalue weighted by Gasteiger charge is 2.15. The summed E-state index contributed by atoms with van der Waals surface area (Å²) < 4.78 is 27.5. The quantitative estimate of drug-likeness (QED) is 0.574. The largest absolute Gasteiger partial charge is 0.326 e. The van der Waals surface area contributed by atoms with Crippen molar-refractivity contribution >= 4 is 50.5 Å². The zero-order valence-electron chi connectivity index (χ0n) is 14.5. The van der Waals surface area contributed by atoms with Gasteiger partial charge in [0.2, 0.25) is 5.91 Å². The second kappa shape index (κ2) is 8.65. The van der Waals surface area contributed by atoms with Gasteiger partial charge in [-0.25, -0.2) is 8.42 Å². The summed E-state index contributed by atoms with van der Waals surface area (Å²) in [4.78, 5) is 12.1. The lowest BCUT2D eigenvalue weighted by atomic mass is 10.1. The third-order valence-electron chi connectivity index (χ3n) is 3.77. The van der Waals surface area contributed by atoms with Crippen molar-refractivity contribution < 1.29 is 13.2 Å². The summed E-state index contributed by atoms with van der Waals surface area (Å²) in [5, 5.41) is 3.39. The Kier molecular flexibility index (Phi) is 6.24. The van der Waals surface area contributed by atoms with Crippen molar-refractivity contribution in [3.63, 3.8) is 0 Å². The fraction of sp³-hybridized carbons (Fsp3) is 0.0500. The van der Waals surface area contributed by atoms with Gasteiger partial charge in [-0.15, -0.1) is 0 Å². The molecule has 28 heavy (non-hydrogen) atoms. The van der Waals surface area contributed by atoms with Crippen LogP contribution in [0.4, 0.5) is 11.4 Å². The van der Waals surface area contributed by atoms with Crippen LogP contribution in [-0.2, 0) is 21.2 Å². The van der Waals surface area contributed by atoms with Gasteiger partial charge in [-0.3, -0.25) is 9.52 Å². The van der Waals surface area contributed by atoms with Crippen LogP contribution >= 0.6 is 23.2 Å². The van der Waals surface area contributed by atoms with Gasteiger partial charge in [0.15, 0.2) is 0 Å². The Morgan fingerprint density at radius 2 is 1.43 bits per heavy atom. The lowest BCUT2D eigenvalue weighted by Crippen LogP contribution is -2.15. The van der Waals surface area contributed by atoms with Gasteiger partial charge in [0, 0.05) is 15.7 Å². The second-order valence-electron chi connectivity index (χ2n) is 6.00. The van der Waals surface area contributed by atoms with Crippen LogP contribution in [0.3, 0.4) is 0 Å². The maximum Gasteiger partial charge on any atom is 0.261 e. The number of hydrogen-bond acceptors (Lipinski definition) is 3. The monoisotopic (exact) mass is 434 g/mol. The fourth-order valence-corrected chi connectivity index (χ4v) is 4.10. The van der Waals surface area contributed by atoms with Crippen LogP contribution in [0.2, 0.25) is 10.0 Å². The molecule has 3 aromatic carbocycles. The molecule has 0 fully saturated rings. The van der Waals surface area contributed by atoms with E-state index in [2.05, 4.69) is 10.0 Å². The lowest BCUT2D eigenvalue weighted by molar-refractivity contribution is -0.115. The van der Waals surface area contributed by atoms with E-state index in [1.54, 1.807) is 0 Å². The molecule has 0 bridgehead atoms. The summed E-state index contributed by atoms with van der Waals surface area (Å²) in [5.41, 5.74) is 1.66. The Labute approximate surface area is 173 Å². The molecule has 5 nitrogen and oxygen atoms in total. The van der Waals surface area contributed by atoms with E-state index in [9.17, 15) is 13.2 Å². The molecule has 0 atom stereocenters. The van der Waals surface area contributed by atoms with Crippen LogP contribution in [0.25, 0.3) is 0 Å². The molecule has 0 heterocycles. The van der Waals surface area contributed by atoms with E-state index in [0.29, 0.717) is 15.7 Å². The lowest BCUT2D eigenvalue weighted by Gasteiger charge is -2.10. The van der Waals surface area contributed by atoms with Crippen molar-refractivity contribution in [1.82, 2.24) is 0 Å². The normalized spacial score (nSPS) is 11.1. The Hall–Kier alpha value is -2.54. The third-order valence-corrected chi connectivity index (χ3v) is 5.60. The van der Waals surface area contributed by atoms with Gasteiger partial charge >= 0.3 is 0 Å². The molecule has 0 aliphatic rings. The van der Waals surface area contributed by atoms with E-state index >= 15 is 0 Å². The van der Waals surface area contributed by atoms with E-state index in [4.69, 9.17) is 23.2 Å². The van der Waals surface area contributed by atoms with Crippen LogP contribution in [-0.4, -0.2) is 14.3 Å². The second-order valence-corrected chi connectivity index (χ2v) is 8.55. The van der Waals surface area contributed by atoms with Gasteiger partial charge in [-0.05, 0) is 48.0 Å². The molecule has 0 saturated heterocycles. The SMILES string of the molecule is O=C(Cc1ccccc1)Nc1ccc(S(=O)(=O)Nc2cc(Cl)cc(Cl)c2)cc1. The van der Waals surface area contributed by atoms with E-state index in [1.807, 2.05) is 30.3 Å². The maximum absolute atomic E-state index is 12.5. The fourth-order valence-electron chi connectivity index (χ4n) is 2.53. The van der Waals surface area contributed by atoms with Gasteiger partial charge in [0.1, 0.15) is 0 Å². The summed E-state index contributed by atoms with van der Waals surface area (Å²) in [6.45, 7) is 0. The summed E-state index contributed by atoms with van der Waals surface area (Å²) in [6.07, 6.45) is 0.234. The molecule has 0 aliphatic heterocycles. The molecule has 0 unspecified atom stereocenters. The van der Waals surface area contributed by atoms with E-state index in [-0.39, 0.29) is 22.9 Å². The molecule has 8 heteroatoms. The van der Waals surface area contributed by atoms with E-state index in [0.717, 1.165) is 5.56 Å². The van der Waals surface area contributed by atoms with Crippen molar-refractivity contribution in [3.05, 3.63) is 88.4 Å². The number of halogens is 2. The number of rotatable bonds is 6. The number of hydrogen-bond donors (Lipinski definition) is 2. The van der Waals surface area contributed by atoms with Gasteiger partial charge in [0.05, 0.1) is 17.0 Å². The Balaban J connectivity index is 1.68.